The Morgan fingerprint density at radius 3 is 2.58 bits per heavy atom. The van der Waals surface area contributed by atoms with Crippen LogP contribution in [-0.4, -0.2) is 39.5 Å². The lowest BCUT2D eigenvalue weighted by Gasteiger charge is -2.10. The van der Waals surface area contributed by atoms with E-state index in [2.05, 4.69) is 4.74 Å². The second kappa shape index (κ2) is 2.82. The topological polar surface area (TPSA) is 104 Å². The Bertz CT molecular complexity index is 255. The van der Waals surface area contributed by atoms with E-state index in [0.29, 0.717) is 0 Å². The number of ether oxygens (including phenoxy) is 1. The third kappa shape index (κ3) is 1.37. The van der Waals surface area contributed by atoms with Gasteiger partial charge in [0.2, 0.25) is 5.76 Å². The summed E-state index contributed by atoms with van der Waals surface area (Å²) in [5.41, 5.74) is 0. The summed E-state index contributed by atoms with van der Waals surface area (Å²) < 4.78 is 4.28. The van der Waals surface area contributed by atoms with Gasteiger partial charge in [0.1, 0.15) is 0 Å². The van der Waals surface area contributed by atoms with E-state index >= 15 is 0 Å². The number of hydrogen-bond acceptors (Lipinski definition) is 5. The van der Waals surface area contributed by atoms with Crippen LogP contribution in [0.25, 0.3) is 0 Å². The van der Waals surface area contributed by atoms with Crippen molar-refractivity contribution in [2.45, 2.75) is 12.2 Å². The molecule has 0 bridgehead atoms. The molecule has 0 aliphatic carbocycles. The third-order valence-corrected chi connectivity index (χ3v) is 1.34. The van der Waals surface area contributed by atoms with Gasteiger partial charge in [0.25, 0.3) is 0 Å². The number of cyclic esters (lactones) is 1. The molecule has 1 aliphatic heterocycles. The Labute approximate surface area is 66.7 Å². The van der Waals surface area contributed by atoms with Crippen LogP contribution in [0.2, 0.25) is 0 Å². The maximum atomic E-state index is 10.5. The summed E-state index contributed by atoms with van der Waals surface area (Å²) in [6.07, 6.45) is -2.28. The first-order chi connectivity index (χ1) is 5.52. The first kappa shape index (κ1) is 8.54. The number of rotatable bonds is 2. The number of carbonyl (C=O) groups is 2. The molecule has 0 aromatic rings. The molecule has 0 saturated carbocycles. The van der Waals surface area contributed by atoms with E-state index in [1.807, 2.05) is 0 Å². The molecule has 12 heavy (non-hydrogen) atoms. The van der Waals surface area contributed by atoms with Gasteiger partial charge in [0.05, 0.1) is 0 Å². The van der Waals surface area contributed by atoms with Crippen molar-refractivity contribution in [2.24, 2.45) is 0 Å². The molecule has 0 unspecified atom stereocenters. The Morgan fingerprint density at radius 2 is 2.25 bits per heavy atom. The maximum absolute atomic E-state index is 10.5. The van der Waals surface area contributed by atoms with Gasteiger partial charge in [0, 0.05) is 6.08 Å². The fourth-order valence-electron chi connectivity index (χ4n) is 0.738. The lowest BCUT2D eigenvalue weighted by Crippen LogP contribution is -2.33. The smallest absolute Gasteiger partial charge is 0.373 e. The van der Waals surface area contributed by atoms with Crippen molar-refractivity contribution < 1.29 is 29.6 Å². The van der Waals surface area contributed by atoms with Crippen LogP contribution in [0.4, 0.5) is 0 Å². The number of carbonyl (C=O) groups excluding carboxylic acids is 1. The lowest BCUT2D eigenvalue weighted by molar-refractivity contribution is -0.158. The second-order valence-corrected chi connectivity index (χ2v) is 2.20. The summed E-state index contributed by atoms with van der Waals surface area (Å²) in [4.78, 5) is 20.6. The predicted molar refractivity (Wildman–Crippen MR) is 34.2 cm³/mol. The van der Waals surface area contributed by atoms with Crippen molar-refractivity contribution in [3.63, 3.8) is 0 Å². The molecular formula is C6H6O6. The van der Waals surface area contributed by atoms with Crippen LogP contribution in [0.5, 0.6) is 0 Å². The molecule has 1 aliphatic rings. The average molecular weight is 174 g/mol. The highest BCUT2D eigenvalue weighted by molar-refractivity contribution is 5.89. The number of aliphatic hydroxyl groups excluding tert-OH is 2. The van der Waals surface area contributed by atoms with Gasteiger partial charge in [-0.15, -0.1) is 0 Å². The first-order valence-electron chi connectivity index (χ1n) is 3.05. The minimum Gasteiger partial charge on any atom is -0.502 e. The van der Waals surface area contributed by atoms with Gasteiger partial charge in [-0.2, -0.15) is 0 Å². The van der Waals surface area contributed by atoms with Crippen LogP contribution in [0.3, 0.4) is 0 Å². The molecule has 0 saturated heterocycles. The summed E-state index contributed by atoms with van der Waals surface area (Å²) in [5, 5.41) is 25.8. The second-order valence-electron chi connectivity index (χ2n) is 2.20. The number of esters is 1. The normalized spacial score (nSPS) is 24.6. The first-order valence-corrected chi connectivity index (χ1v) is 3.05. The van der Waals surface area contributed by atoms with Crippen LogP contribution in [0.15, 0.2) is 11.8 Å². The fraction of sp³-hybridized carbons (Fsp3) is 0.333. The largest absolute Gasteiger partial charge is 0.502 e. The van der Waals surface area contributed by atoms with E-state index in [1.54, 1.807) is 0 Å². The molecule has 0 fully saturated rings. The van der Waals surface area contributed by atoms with E-state index in [-0.39, 0.29) is 0 Å². The highest BCUT2D eigenvalue weighted by Gasteiger charge is 2.34. The van der Waals surface area contributed by atoms with E-state index < -0.39 is 29.9 Å². The van der Waals surface area contributed by atoms with E-state index in [9.17, 15) is 9.59 Å². The minimum atomic E-state index is -1.83. The molecule has 1 heterocycles. The predicted octanol–water partition coefficient (Wildman–Crippen LogP) is -1.20. The fourth-order valence-corrected chi connectivity index (χ4v) is 0.738. The van der Waals surface area contributed by atoms with Crippen molar-refractivity contribution >= 4 is 11.9 Å². The Morgan fingerprint density at radius 1 is 1.67 bits per heavy atom. The summed E-state index contributed by atoms with van der Waals surface area (Å²) in [6.45, 7) is 0. The summed E-state index contributed by atoms with van der Waals surface area (Å²) in [6, 6.07) is 0. The van der Waals surface area contributed by atoms with Gasteiger partial charge in [-0.05, 0) is 0 Å². The molecule has 6 heteroatoms. The highest BCUT2D eigenvalue weighted by atomic mass is 16.6. The molecule has 2 atom stereocenters. The monoisotopic (exact) mass is 174 g/mol. The number of carboxylic acids is 1. The van der Waals surface area contributed by atoms with Gasteiger partial charge in [-0.25, -0.2) is 9.59 Å². The Hall–Kier alpha value is -1.56. The lowest BCUT2D eigenvalue weighted by atomic mass is 10.2. The molecule has 1 rings (SSSR count). The van der Waals surface area contributed by atoms with Gasteiger partial charge in [-0.1, -0.05) is 0 Å². The van der Waals surface area contributed by atoms with Crippen LogP contribution in [0, 0.1) is 0 Å². The van der Waals surface area contributed by atoms with E-state index in [1.165, 1.54) is 0 Å². The molecule has 0 amide bonds. The Kier molecular flexibility index (Phi) is 2.01. The summed E-state index contributed by atoms with van der Waals surface area (Å²) in [5.74, 6) is -3.22. The van der Waals surface area contributed by atoms with Gasteiger partial charge >= 0.3 is 11.9 Å². The standard InChI is InChI=1S/C6H6O6/c7-2-1-3(12-6(2)11)4(8)5(9)10/h1,3-4,7-8H,(H,9,10)/t3-,4+/m0/s1. The van der Waals surface area contributed by atoms with Crippen molar-refractivity contribution in [2.75, 3.05) is 0 Å². The summed E-state index contributed by atoms with van der Waals surface area (Å²) >= 11 is 0. The van der Waals surface area contributed by atoms with E-state index in [4.69, 9.17) is 15.3 Å². The summed E-state index contributed by atoms with van der Waals surface area (Å²) in [7, 11) is 0. The minimum absolute atomic E-state index is 0.680. The number of hydrogen-bond donors (Lipinski definition) is 3. The van der Waals surface area contributed by atoms with Crippen LogP contribution < -0.4 is 0 Å². The number of carboxylic acid groups (broad SMARTS) is 1. The zero-order valence-corrected chi connectivity index (χ0v) is 5.80. The van der Waals surface area contributed by atoms with E-state index in [0.717, 1.165) is 6.08 Å². The molecule has 66 valence electrons. The van der Waals surface area contributed by atoms with Crippen molar-refractivity contribution in [1.82, 2.24) is 0 Å². The Balaban J connectivity index is 2.70. The quantitative estimate of drug-likeness (QED) is 0.454. The molecule has 0 spiro atoms. The zero-order valence-electron chi connectivity index (χ0n) is 5.80. The third-order valence-electron chi connectivity index (χ3n) is 1.34. The molecule has 0 aromatic carbocycles. The zero-order chi connectivity index (χ0) is 9.30. The van der Waals surface area contributed by atoms with Gasteiger partial charge in [-0.3, -0.25) is 0 Å². The van der Waals surface area contributed by atoms with Gasteiger partial charge < -0.3 is 20.1 Å². The molecule has 6 nitrogen and oxygen atoms in total. The van der Waals surface area contributed by atoms with Crippen LogP contribution in [-0.2, 0) is 14.3 Å². The average Bonchev–Trinajstić information content (AvgIpc) is 2.30. The van der Waals surface area contributed by atoms with Crippen molar-refractivity contribution in [3.8, 4) is 0 Å². The number of aliphatic hydroxyl groups is 2. The van der Waals surface area contributed by atoms with Crippen LogP contribution >= 0.6 is 0 Å². The van der Waals surface area contributed by atoms with Crippen molar-refractivity contribution in [1.29, 1.82) is 0 Å². The maximum Gasteiger partial charge on any atom is 0.373 e. The molecular weight excluding hydrogens is 168 g/mol. The molecule has 3 N–H and O–H groups in total. The number of aliphatic carboxylic acids is 1. The molecule has 0 radical (unpaired) electrons. The van der Waals surface area contributed by atoms with Crippen LogP contribution in [0.1, 0.15) is 0 Å². The van der Waals surface area contributed by atoms with Gasteiger partial charge in [0.15, 0.2) is 12.2 Å². The SMILES string of the molecule is O=C1O[C@H]([C@@H](O)C(=O)O)C=C1O. The van der Waals surface area contributed by atoms with Crippen molar-refractivity contribution in [3.05, 3.63) is 11.8 Å². The highest BCUT2D eigenvalue weighted by Crippen LogP contribution is 2.14. The molecule has 0 aromatic heterocycles.